The summed E-state index contributed by atoms with van der Waals surface area (Å²) in [5, 5.41) is 9.32. The first-order valence-corrected chi connectivity index (χ1v) is 15.3. The molecule has 9 heteroatoms. The third-order valence-corrected chi connectivity index (χ3v) is 7.25. The van der Waals surface area contributed by atoms with Crippen molar-refractivity contribution in [3.63, 3.8) is 0 Å². The van der Waals surface area contributed by atoms with Gasteiger partial charge in [0, 0.05) is 13.5 Å². The molecule has 0 bridgehead atoms. The van der Waals surface area contributed by atoms with Crippen LogP contribution in [0.2, 0.25) is 0 Å². The minimum atomic E-state index is -1.25. The molecule has 0 aliphatic rings. The van der Waals surface area contributed by atoms with Crippen LogP contribution in [0.25, 0.3) is 0 Å². The molecule has 0 aliphatic carbocycles. The lowest BCUT2D eigenvalue weighted by atomic mass is 10.0. The zero-order valence-electron chi connectivity index (χ0n) is 25.4. The maximum absolute atomic E-state index is 12.0. The highest BCUT2D eigenvalue weighted by Gasteiger charge is 2.29. The van der Waals surface area contributed by atoms with E-state index in [1.807, 2.05) is 24.3 Å². The van der Waals surface area contributed by atoms with Gasteiger partial charge in [0.15, 0.2) is 6.04 Å². The van der Waals surface area contributed by atoms with Crippen LogP contribution < -0.4 is 5.73 Å². The highest BCUT2D eigenvalue weighted by molar-refractivity contribution is 5.89. The lowest BCUT2D eigenvalue weighted by Crippen LogP contribution is -2.50. The molecule has 1 aromatic rings. The molecular weight excluding hydrogens is 524 g/mol. The number of hydrogen-bond acceptors (Lipinski definition) is 7. The Bertz CT molecular complexity index is 902. The number of benzene rings is 1. The number of carboxylic acids is 1. The molecule has 3 N–H and O–H groups in total. The van der Waals surface area contributed by atoms with E-state index in [1.165, 1.54) is 64.5 Å². The second-order valence-corrected chi connectivity index (χ2v) is 10.8. The molecular formula is C32H52N2O7. The van der Waals surface area contributed by atoms with E-state index in [2.05, 4.69) is 6.92 Å². The largest absolute Gasteiger partial charge is 0.480 e. The number of hydrogen-bond donors (Lipinski definition) is 2. The SMILES string of the molecule is CCc1ccc(C(=O)OCCCCCCCCCCCCCCCC(=O)OC[C@@H](C(=O)O)N(C)C(=O)[C@H](C)N)cc1. The van der Waals surface area contributed by atoms with Crippen LogP contribution in [0.1, 0.15) is 120 Å². The molecule has 0 aromatic heterocycles. The van der Waals surface area contributed by atoms with Crippen molar-refractivity contribution in [3.8, 4) is 0 Å². The van der Waals surface area contributed by atoms with Gasteiger partial charge in [0.1, 0.15) is 6.61 Å². The minimum absolute atomic E-state index is 0.238. The number of esters is 2. The lowest BCUT2D eigenvalue weighted by molar-refractivity contribution is -0.157. The fourth-order valence-corrected chi connectivity index (χ4v) is 4.51. The Morgan fingerprint density at radius 2 is 1.29 bits per heavy atom. The molecule has 0 heterocycles. The van der Waals surface area contributed by atoms with E-state index in [0.29, 0.717) is 18.6 Å². The first-order valence-electron chi connectivity index (χ1n) is 15.3. The number of carbonyl (C=O) groups is 4. The second-order valence-electron chi connectivity index (χ2n) is 10.8. The maximum atomic E-state index is 12.0. The standard InChI is InChI=1S/C32H52N2O7/c1-4-26-19-21-27(22-20-26)32(39)40-23-17-15-13-11-9-7-5-6-8-10-12-14-16-18-29(35)41-24-28(31(37)38)34(3)30(36)25(2)33/h19-22,25,28H,4-18,23-24,33H2,1-3H3,(H,37,38)/t25-,28-/m0/s1. The summed E-state index contributed by atoms with van der Waals surface area (Å²) in [7, 11) is 1.34. The molecule has 1 rings (SSSR count). The summed E-state index contributed by atoms with van der Waals surface area (Å²) in [6.45, 7) is 3.67. The quantitative estimate of drug-likeness (QED) is 0.126. The molecule has 2 atom stereocenters. The van der Waals surface area contributed by atoms with Crippen molar-refractivity contribution in [1.82, 2.24) is 4.90 Å². The number of carbonyl (C=O) groups excluding carboxylic acids is 3. The molecule has 41 heavy (non-hydrogen) atoms. The number of aryl methyl sites for hydroxylation is 1. The number of carboxylic acid groups (broad SMARTS) is 1. The maximum Gasteiger partial charge on any atom is 0.338 e. The number of nitrogens with zero attached hydrogens (tertiary/aromatic N) is 1. The molecule has 0 aliphatic heterocycles. The lowest BCUT2D eigenvalue weighted by Gasteiger charge is -2.25. The van der Waals surface area contributed by atoms with Crippen LogP contribution >= 0.6 is 0 Å². The topological polar surface area (TPSA) is 136 Å². The van der Waals surface area contributed by atoms with Crippen molar-refractivity contribution in [2.45, 2.75) is 122 Å². The van der Waals surface area contributed by atoms with Crippen molar-refractivity contribution in [2.75, 3.05) is 20.3 Å². The molecule has 0 saturated heterocycles. The van der Waals surface area contributed by atoms with Crippen molar-refractivity contribution in [3.05, 3.63) is 35.4 Å². The highest BCUT2D eigenvalue weighted by Crippen LogP contribution is 2.14. The van der Waals surface area contributed by atoms with E-state index in [1.54, 1.807) is 0 Å². The van der Waals surface area contributed by atoms with E-state index < -0.39 is 29.9 Å². The predicted octanol–water partition coefficient (Wildman–Crippen LogP) is 5.67. The van der Waals surface area contributed by atoms with Crippen LogP contribution in [0, 0.1) is 0 Å². The monoisotopic (exact) mass is 576 g/mol. The van der Waals surface area contributed by atoms with Crippen LogP contribution in [-0.4, -0.2) is 66.2 Å². The van der Waals surface area contributed by atoms with Crippen LogP contribution in [0.4, 0.5) is 0 Å². The number of unbranched alkanes of at least 4 members (excludes halogenated alkanes) is 12. The van der Waals surface area contributed by atoms with Gasteiger partial charge in [0.2, 0.25) is 5.91 Å². The van der Waals surface area contributed by atoms with Crippen LogP contribution in [0.5, 0.6) is 0 Å². The number of ether oxygens (including phenoxy) is 2. The van der Waals surface area contributed by atoms with Crippen molar-refractivity contribution < 1.29 is 33.8 Å². The average molecular weight is 577 g/mol. The van der Waals surface area contributed by atoms with Crippen LogP contribution in [-0.2, 0) is 30.3 Å². The van der Waals surface area contributed by atoms with Gasteiger partial charge in [-0.15, -0.1) is 0 Å². The smallest absolute Gasteiger partial charge is 0.338 e. The third kappa shape index (κ3) is 16.2. The molecule has 1 aromatic carbocycles. The van der Waals surface area contributed by atoms with E-state index in [4.69, 9.17) is 15.2 Å². The summed E-state index contributed by atoms with van der Waals surface area (Å²) >= 11 is 0. The fraction of sp³-hybridized carbons (Fsp3) is 0.688. The van der Waals surface area contributed by atoms with Gasteiger partial charge in [-0.3, -0.25) is 9.59 Å². The molecule has 0 fully saturated rings. The number of amides is 1. The van der Waals surface area contributed by atoms with Gasteiger partial charge in [-0.25, -0.2) is 9.59 Å². The Kier molecular flexibility index (Phi) is 19.2. The number of aliphatic carboxylic acids is 1. The summed E-state index contributed by atoms with van der Waals surface area (Å²) in [5.41, 5.74) is 7.35. The molecule has 232 valence electrons. The van der Waals surface area contributed by atoms with Gasteiger partial charge >= 0.3 is 17.9 Å². The minimum Gasteiger partial charge on any atom is -0.480 e. The first kappa shape index (κ1) is 36.1. The van der Waals surface area contributed by atoms with Gasteiger partial charge in [-0.2, -0.15) is 0 Å². The zero-order chi connectivity index (χ0) is 30.5. The van der Waals surface area contributed by atoms with E-state index >= 15 is 0 Å². The van der Waals surface area contributed by atoms with Gasteiger partial charge in [0.25, 0.3) is 0 Å². The normalized spacial score (nSPS) is 12.4. The fourth-order valence-electron chi connectivity index (χ4n) is 4.51. The average Bonchev–Trinajstić information content (AvgIpc) is 2.96. The summed E-state index contributed by atoms with van der Waals surface area (Å²) < 4.78 is 10.5. The Morgan fingerprint density at radius 1 is 0.805 bits per heavy atom. The zero-order valence-corrected chi connectivity index (χ0v) is 25.4. The Morgan fingerprint density at radius 3 is 1.76 bits per heavy atom. The van der Waals surface area contributed by atoms with Gasteiger partial charge in [-0.05, 0) is 43.9 Å². The van der Waals surface area contributed by atoms with Crippen molar-refractivity contribution in [1.29, 1.82) is 0 Å². The number of rotatable bonds is 23. The molecule has 1 amide bonds. The van der Waals surface area contributed by atoms with Gasteiger partial charge in [-0.1, -0.05) is 89.7 Å². The molecule has 9 nitrogen and oxygen atoms in total. The van der Waals surface area contributed by atoms with E-state index in [-0.39, 0.29) is 19.0 Å². The summed E-state index contributed by atoms with van der Waals surface area (Å²) in [6, 6.07) is 5.54. The number of likely N-dealkylation sites (N-methyl/N-ethyl adjacent to an activating group) is 1. The molecule has 0 spiro atoms. The first-order chi connectivity index (χ1) is 19.7. The third-order valence-electron chi connectivity index (χ3n) is 7.25. The second kappa shape index (κ2) is 21.8. The summed E-state index contributed by atoms with van der Waals surface area (Å²) in [6.07, 6.45) is 15.6. The summed E-state index contributed by atoms with van der Waals surface area (Å²) in [5.74, 6) is -2.44. The Hall–Kier alpha value is -2.94. The number of nitrogens with two attached hydrogens (primary N) is 1. The van der Waals surface area contributed by atoms with Gasteiger partial charge < -0.3 is 25.2 Å². The van der Waals surface area contributed by atoms with Gasteiger partial charge in [0.05, 0.1) is 18.2 Å². The molecule has 0 unspecified atom stereocenters. The predicted molar refractivity (Wildman–Crippen MR) is 160 cm³/mol. The summed E-state index contributed by atoms with van der Waals surface area (Å²) in [4.78, 5) is 48.4. The highest BCUT2D eigenvalue weighted by atomic mass is 16.5. The van der Waals surface area contributed by atoms with Crippen molar-refractivity contribution in [2.24, 2.45) is 5.73 Å². The van der Waals surface area contributed by atoms with E-state index in [9.17, 15) is 24.3 Å². The van der Waals surface area contributed by atoms with Crippen molar-refractivity contribution >= 4 is 23.8 Å². The molecule has 0 saturated carbocycles. The van der Waals surface area contributed by atoms with E-state index in [0.717, 1.165) is 43.4 Å². The molecule has 0 radical (unpaired) electrons. The Labute approximate surface area is 246 Å². The van der Waals surface area contributed by atoms with Crippen LogP contribution in [0.15, 0.2) is 24.3 Å². The Balaban J connectivity index is 1.92. The van der Waals surface area contributed by atoms with Crippen LogP contribution in [0.3, 0.4) is 0 Å².